The summed E-state index contributed by atoms with van der Waals surface area (Å²) in [5, 5.41) is 18.4. The first-order valence-electron chi connectivity index (χ1n) is 4.87. The average molecular weight is 231 g/mol. The Kier molecular flexibility index (Phi) is 2.90. The third-order valence-corrected chi connectivity index (χ3v) is 2.55. The number of hydrogen-bond donors (Lipinski definition) is 3. The van der Waals surface area contributed by atoms with Gasteiger partial charge in [0, 0.05) is 18.7 Å². The first-order valence-corrected chi connectivity index (χ1v) is 4.87. The second-order valence-electron chi connectivity index (χ2n) is 3.63. The van der Waals surface area contributed by atoms with E-state index >= 15 is 0 Å². The van der Waals surface area contributed by atoms with Gasteiger partial charge in [-0.2, -0.15) is 0 Å². The van der Waals surface area contributed by atoms with Crippen molar-refractivity contribution in [1.29, 1.82) is 0 Å². The molecule has 3 atom stereocenters. The molecule has 1 aliphatic heterocycles. The minimum absolute atomic E-state index is 0.206. The largest absolute Gasteiger partial charge is 0.394 e. The van der Waals surface area contributed by atoms with Gasteiger partial charge in [0.2, 0.25) is 0 Å². The van der Waals surface area contributed by atoms with Crippen LogP contribution in [0.2, 0.25) is 0 Å². The number of nitrogens with one attached hydrogen (secondary N) is 1. The molecule has 2 rings (SSSR count). The third kappa shape index (κ3) is 1.92. The van der Waals surface area contributed by atoms with Crippen LogP contribution in [0.25, 0.3) is 0 Å². The minimum Gasteiger partial charge on any atom is -0.394 e. The van der Waals surface area contributed by atoms with Crippen molar-refractivity contribution >= 4 is 0 Å². The molecule has 7 heteroatoms. The lowest BCUT2D eigenvalue weighted by Gasteiger charge is -2.13. The Labute approximate surface area is 89.9 Å². The molecule has 0 unspecified atom stereocenters. The zero-order chi connectivity index (χ0) is 11.7. The van der Waals surface area contributed by atoms with E-state index in [4.69, 9.17) is 9.84 Å². The average Bonchev–Trinajstić information content (AvgIpc) is 2.59. The monoisotopic (exact) mass is 231 g/mol. The summed E-state index contributed by atoms with van der Waals surface area (Å²) >= 11 is 0. The Morgan fingerprint density at radius 2 is 2.31 bits per heavy atom. The number of ether oxygens (including phenoxy) is 1. The van der Waals surface area contributed by atoms with Crippen LogP contribution in [0.1, 0.15) is 12.6 Å². The number of aromatic amines is 1. The quantitative estimate of drug-likeness (QED) is 0.555. The van der Waals surface area contributed by atoms with Crippen molar-refractivity contribution in [2.45, 2.75) is 24.9 Å². The summed E-state index contributed by atoms with van der Waals surface area (Å²) in [5.41, 5.74) is -1.08. The maximum atomic E-state index is 11.4. The first-order chi connectivity index (χ1) is 7.61. The number of aliphatic hydroxyl groups excluding tert-OH is 2. The van der Waals surface area contributed by atoms with E-state index in [1.165, 1.54) is 16.8 Å². The fourth-order valence-electron chi connectivity index (χ4n) is 1.70. The number of hydrogen-bond acceptors (Lipinski definition) is 5. The van der Waals surface area contributed by atoms with E-state index in [-0.39, 0.29) is 13.0 Å². The van der Waals surface area contributed by atoms with Gasteiger partial charge in [-0.3, -0.25) is 14.3 Å². The van der Waals surface area contributed by atoms with Crippen molar-refractivity contribution in [3.63, 3.8) is 0 Å². The third-order valence-electron chi connectivity index (χ3n) is 2.55. The van der Waals surface area contributed by atoms with E-state index in [2.05, 4.69) is 4.98 Å². The molecule has 16 heavy (non-hydrogen) atoms. The molecule has 0 radical (unpaired) electrons. The van der Waals surface area contributed by atoms with E-state index in [0.29, 0.717) is 0 Å². The maximum Gasteiger partial charge on any atom is 0.330 e. The predicted octanol–water partition coefficient (Wildman–Crippen LogP) is -1.82. The van der Waals surface area contributed by atoms with Crippen LogP contribution >= 0.6 is 0 Å². The lowest BCUT2D eigenvalue weighted by molar-refractivity contribution is -0.0459. The summed E-state index contributed by atoms with van der Waals surface area (Å²) in [5.74, 6) is 0. The molecule has 7 nitrogen and oxygen atoms in total. The molecule has 3 N–H and O–H groups in total. The van der Waals surface area contributed by atoms with Crippen LogP contribution in [-0.2, 0) is 4.74 Å². The Balaban J connectivity index is 2.27. The standard InChI is InChI=1S/C9H12N2O5/c12-4-6-5(13)3-8(16-6)11-2-1-7(14)10-9(11)15/h1-2,5-6,8,12-13H,3-4H2,(H,10,14,15)/t5-,6-,8-/m1/s1/i9+1,10+1,11+1. The van der Waals surface area contributed by atoms with Crippen molar-refractivity contribution in [2.75, 3.05) is 6.61 Å². The van der Waals surface area contributed by atoms with Gasteiger partial charge in [-0.1, -0.05) is 0 Å². The van der Waals surface area contributed by atoms with Gasteiger partial charge in [-0.25, -0.2) is 4.79 Å². The Bertz CT molecular complexity index is 479. The molecule has 0 spiro atoms. The normalized spacial score (nSPS) is 29.5. The highest BCUT2D eigenvalue weighted by Gasteiger charge is 2.34. The highest BCUT2D eigenvalue weighted by Crippen LogP contribution is 2.26. The summed E-state index contributed by atoms with van der Waals surface area (Å²) in [7, 11) is 0. The summed E-state index contributed by atoms with van der Waals surface area (Å²) in [4.78, 5) is 24.3. The highest BCUT2D eigenvalue weighted by molar-refractivity contribution is 4.88. The first kappa shape index (κ1) is 11.1. The van der Waals surface area contributed by atoms with Crippen LogP contribution in [-0.4, -0.2) is 38.6 Å². The van der Waals surface area contributed by atoms with Gasteiger partial charge < -0.3 is 14.9 Å². The van der Waals surface area contributed by atoms with Gasteiger partial charge in [0.25, 0.3) is 5.56 Å². The lowest BCUT2D eigenvalue weighted by atomic mass is 10.2. The Hall–Kier alpha value is -1.44. The molecule has 2 heterocycles. The second-order valence-corrected chi connectivity index (χ2v) is 3.63. The maximum absolute atomic E-state index is 11.4. The van der Waals surface area contributed by atoms with Gasteiger partial charge in [0.05, 0.1) is 12.7 Å². The molecule has 0 saturated carbocycles. The molecule has 1 aromatic rings. The fourth-order valence-corrected chi connectivity index (χ4v) is 1.70. The number of nitrogens with zero attached hydrogens (tertiary/aromatic N) is 1. The summed E-state index contributed by atoms with van der Waals surface area (Å²) in [6.07, 6.45) is -0.649. The number of H-pyrrole nitrogens is 1. The summed E-state index contributed by atoms with van der Waals surface area (Å²) < 4.78 is 6.45. The molecule has 0 bridgehead atoms. The topological polar surface area (TPSA) is 105 Å². The van der Waals surface area contributed by atoms with E-state index in [9.17, 15) is 14.7 Å². The predicted molar refractivity (Wildman–Crippen MR) is 52.9 cm³/mol. The summed E-state index contributed by atoms with van der Waals surface area (Å²) in [6, 6.07) is 1.20. The number of aromatic nitrogens is 2. The van der Waals surface area contributed by atoms with E-state index < -0.39 is 29.7 Å². The SMILES string of the molecule is O=c1cc[15n]([C@H]2C[C@@H](O)[C@@H](CO)O2)[13c](=O)[15nH]1. The molecule has 0 aliphatic carbocycles. The van der Waals surface area contributed by atoms with Gasteiger partial charge in [0.1, 0.15) is 12.3 Å². The van der Waals surface area contributed by atoms with Crippen molar-refractivity contribution in [1.82, 2.24) is 9.55 Å². The molecule has 1 saturated heterocycles. The molecule has 1 aliphatic rings. The van der Waals surface area contributed by atoms with Crippen LogP contribution in [0.5, 0.6) is 0 Å². The zero-order valence-corrected chi connectivity index (χ0v) is 8.37. The minimum atomic E-state index is -0.811. The van der Waals surface area contributed by atoms with Gasteiger partial charge in [0.15, 0.2) is 0 Å². The molecule has 0 aromatic carbocycles. The van der Waals surface area contributed by atoms with Gasteiger partial charge in [-0.15, -0.1) is 0 Å². The second kappa shape index (κ2) is 4.20. The van der Waals surface area contributed by atoms with Gasteiger partial charge >= 0.3 is 5.69 Å². The lowest BCUT2D eigenvalue weighted by Crippen LogP contribution is -2.31. The molecule has 0 amide bonds. The zero-order valence-electron chi connectivity index (χ0n) is 8.37. The van der Waals surface area contributed by atoms with Crippen molar-refractivity contribution in [3.05, 3.63) is 33.1 Å². The van der Waals surface area contributed by atoms with E-state index in [1.54, 1.807) is 0 Å². The van der Waals surface area contributed by atoms with Crippen LogP contribution in [0.3, 0.4) is 0 Å². The summed E-state index contributed by atoms with van der Waals surface area (Å²) in [6.45, 7) is -0.310. The Morgan fingerprint density at radius 3 is 2.88 bits per heavy atom. The van der Waals surface area contributed by atoms with E-state index in [1.807, 2.05) is 0 Å². The van der Waals surface area contributed by atoms with Crippen LogP contribution in [0.15, 0.2) is 21.9 Å². The van der Waals surface area contributed by atoms with Crippen molar-refractivity contribution < 1.29 is 14.9 Å². The Morgan fingerprint density at radius 1 is 1.56 bits per heavy atom. The van der Waals surface area contributed by atoms with Crippen molar-refractivity contribution in [3.8, 4) is 0 Å². The van der Waals surface area contributed by atoms with Crippen molar-refractivity contribution in [2.24, 2.45) is 0 Å². The van der Waals surface area contributed by atoms with Crippen LogP contribution < -0.4 is 11.2 Å². The molecule has 1 aromatic heterocycles. The fraction of sp³-hybridized carbons (Fsp3) is 0.556. The number of aliphatic hydroxyl groups is 2. The molecule has 1 fully saturated rings. The molecular weight excluding hydrogens is 219 g/mol. The van der Waals surface area contributed by atoms with Gasteiger partial charge in [-0.05, 0) is 0 Å². The van der Waals surface area contributed by atoms with E-state index in [0.717, 1.165) is 0 Å². The van der Waals surface area contributed by atoms with Crippen LogP contribution in [0, 0.1) is 0 Å². The molecular formula is C9H12N2O5. The smallest absolute Gasteiger partial charge is 0.330 e. The van der Waals surface area contributed by atoms with Crippen LogP contribution in [0.4, 0.5) is 0 Å². The highest BCUT2D eigenvalue weighted by atomic mass is 16.6. The number of rotatable bonds is 2. The molecule has 88 valence electrons.